The number of hydrogen-bond donors (Lipinski definition) is 1. The van der Waals surface area contributed by atoms with E-state index in [9.17, 15) is 4.79 Å². The molecule has 1 amide bonds. The lowest BCUT2D eigenvalue weighted by molar-refractivity contribution is 0.0917. The Balaban J connectivity index is 1.90. The van der Waals surface area contributed by atoms with Crippen LogP contribution in [0.3, 0.4) is 0 Å². The van der Waals surface area contributed by atoms with E-state index in [1.807, 2.05) is 42.5 Å². The highest BCUT2D eigenvalue weighted by Crippen LogP contribution is 2.17. The van der Waals surface area contributed by atoms with E-state index in [-0.39, 0.29) is 12.1 Å². The van der Waals surface area contributed by atoms with E-state index in [1.165, 1.54) is 0 Å². The average Bonchev–Trinajstić information content (AvgIpc) is 2.99. The van der Waals surface area contributed by atoms with Crippen LogP contribution in [-0.4, -0.2) is 20.9 Å². The minimum atomic E-state index is -0.322. The first-order valence-electron chi connectivity index (χ1n) is 7.06. The molecule has 110 valence electrons. The van der Waals surface area contributed by atoms with Crippen molar-refractivity contribution in [2.24, 2.45) is 0 Å². The van der Waals surface area contributed by atoms with Gasteiger partial charge in [0.1, 0.15) is 11.7 Å². The van der Waals surface area contributed by atoms with Gasteiger partial charge in [0.15, 0.2) is 0 Å². The van der Waals surface area contributed by atoms with Crippen LogP contribution >= 0.6 is 0 Å². The zero-order chi connectivity index (χ0) is 15.4. The molecule has 2 aromatic carbocycles. The number of carbonyl (C=O) groups is 1. The summed E-state index contributed by atoms with van der Waals surface area (Å²) in [6, 6.07) is 16.8. The van der Waals surface area contributed by atoms with Crippen molar-refractivity contribution in [2.75, 3.05) is 0 Å². The number of amides is 1. The van der Waals surface area contributed by atoms with E-state index in [0.29, 0.717) is 12.0 Å². The molecular formula is C17H16N4O. The van der Waals surface area contributed by atoms with E-state index < -0.39 is 0 Å². The third-order valence-corrected chi connectivity index (χ3v) is 3.40. The Hall–Kier alpha value is -2.95. The third kappa shape index (κ3) is 2.74. The van der Waals surface area contributed by atoms with Crippen molar-refractivity contribution < 1.29 is 4.79 Å². The molecule has 3 rings (SSSR count). The summed E-state index contributed by atoms with van der Waals surface area (Å²) in [5.41, 5.74) is 2.29. The van der Waals surface area contributed by atoms with Crippen LogP contribution in [0.15, 0.2) is 67.3 Å². The van der Waals surface area contributed by atoms with Crippen molar-refractivity contribution in [3.63, 3.8) is 0 Å². The maximum Gasteiger partial charge on any atom is 0.252 e. The van der Waals surface area contributed by atoms with Crippen LogP contribution in [0.5, 0.6) is 0 Å². The van der Waals surface area contributed by atoms with Gasteiger partial charge in [0.25, 0.3) is 5.91 Å². The molecule has 3 aromatic rings. The number of carbonyl (C=O) groups excluding carboxylic acids is 1. The van der Waals surface area contributed by atoms with Crippen molar-refractivity contribution in [1.29, 1.82) is 0 Å². The first-order chi connectivity index (χ1) is 10.8. The fourth-order valence-corrected chi connectivity index (χ4v) is 2.32. The van der Waals surface area contributed by atoms with Crippen molar-refractivity contribution in [3.05, 3.63) is 72.8 Å². The number of para-hydroxylation sites is 1. The zero-order valence-electron chi connectivity index (χ0n) is 12.0. The smallest absolute Gasteiger partial charge is 0.252 e. The molecule has 1 aromatic heterocycles. The van der Waals surface area contributed by atoms with Crippen molar-refractivity contribution >= 4 is 16.9 Å². The molecule has 5 nitrogen and oxygen atoms in total. The van der Waals surface area contributed by atoms with E-state index in [0.717, 1.165) is 11.0 Å². The van der Waals surface area contributed by atoms with Crippen LogP contribution in [-0.2, 0) is 0 Å². The highest BCUT2D eigenvalue weighted by molar-refractivity contribution is 5.94. The Morgan fingerprint density at radius 3 is 2.68 bits per heavy atom. The van der Waals surface area contributed by atoms with Crippen molar-refractivity contribution in [1.82, 2.24) is 20.3 Å². The quantitative estimate of drug-likeness (QED) is 0.735. The Morgan fingerprint density at radius 1 is 1.18 bits per heavy atom. The third-order valence-electron chi connectivity index (χ3n) is 3.40. The summed E-state index contributed by atoms with van der Waals surface area (Å²) in [6.07, 6.45) is 2.00. The molecule has 0 fully saturated rings. The number of hydrogen-bond acceptors (Lipinski definition) is 3. The van der Waals surface area contributed by atoms with Gasteiger partial charge in [-0.15, -0.1) is 11.7 Å². The molecule has 1 atom stereocenters. The first kappa shape index (κ1) is 14.0. The number of benzene rings is 2. The summed E-state index contributed by atoms with van der Waals surface area (Å²) in [5.74, 6) is -0.146. The molecule has 22 heavy (non-hydrogen) atoms. The summed E-state index contributed by atoms with van der Waals surface area (Å²) in [6.45, 7) is 3.76. The summed E-state index contributed by atoms with van der Waals surface area (Å²) in [5, 5.41) is 11.3. The molecule has 1 N–H and O–H groups in total. The largest absolute Gasteiger partial charge is 0.330 e. The standard InChI is InChI=1S/C17H16N4O/c1-2-8-16(18-17(22)13-9-4-3-5-10-13)21-15-12-7-6-11-14(15)19-20-21/h2-7,9-12,16H,1,8H2,(H,18,22). The van der Waals surface area contributed by atoms with Gasteiger partial charge in [-0.2, -0.15) is 0 Å². The fourth-order valence-electron chi connectivity index (χ4n) is 2.32. The van der Waals surface area contributed by atoms with Gasteiger partial charge in [0.2, 0.25) is 0 Å². The monoisotopic (exact) mass is 292 g/mol. The molecule has 1 heterocycles. The van der Waals surface area contributed by atoms with Gasteiger partial charge in [-0.1, -0.05) is 41.6 Å². The highest BCUT2D eigenvalue weighted by atomic mass is 16.1. The SMILES string of the molecule is C=CCC(NC(=O)c1ccccc1)n1nnc2ccccc21. The minimum Gasteiger partial charge on any atom is -0.330 e. The second kappa shape index (κ2) is 6.22. The number of rotatable bonds is 5. The summed E-state index contributed by atoms with van der Waals surface area (Å²) in [4.78, 5) is 12.4. The van der Waals surface area contributed by atoms with E-state index in [1.54, 1.807) is 22.9 Å². The normalized spacial score (nSPS) is 12.0. The first-order valence-corrected chi connectivity index (χ1v) is 7.06. The van der Waals surface area contributed by atoms with Gasteiger partial charge in [-0.25, -0.2) is 4.68 Å². The van der Waals surface area contributed by atoms with E-state index in [4.69, 9.17) is 0 Å². The Labute approximate surface area is 128 Å². The van der Waals surface area contributed by atoms with Gasteiger partial charge in [-0.05, 0) is 24.3 Å². The number of aromatic nitrogens is 3. The molecule has 0 aliphatic carbocycles. The fraction of sp³-hybridized carbons (Fsp3) is 0.118. The molecule has 0 aliphatic rings. The predicted octanol–water partition coefficient (Wildman–Crippen LogP) is 2.94. The lowest BCUT2D eigenvalue weighted by Crippen LogP contribution is -2.32. The van der Waals surface area contributed by atoms with Crippen LogP contribution in [0.2, 0.25) is 0 Å². The Bertz CT molecular complexity index is 795. The maximum atomic E-state index is 12.4. The minimum absolute atomic E-state index is 0.146. The lowest BCUT2D eigenvalue weighted by atomic mass is 10.2. The highest BCUT2D eigenvalue weighted by Gasteiger charge is 2.17. The molecule has 5 heteroatoms. The van der Waals surface area contributed by atoms with Crippen LogP contribution < -0.4 is 5.32 Å². The molecular weight excluding hydrogens is 276 g/mol. The number of nitrogens with one attached hydrogen (secondary N) is 1. The van der Waals surface area contributed by atoms with Crippen LogP contribution in [0.4, 0.5) is 0 Å². The summed E-state index contributed by atoms with van der Waals surface area (Å²) < 4.78 is 1.72. The van der Waals surface area contributed by atoms with E-state index >= 15 is 0 Å². The number of fused-ring (bicyclic) bond motifs is 1. The predicted molar refractivity (Wildman–Crippen MR) is 85.3 cm³/mol. The van der Waals surface area contributed by atoms with Crippen LogP contribution in [0.25, 0.3) is 11.0 Å². The second-order valence-electron chi connectivity index (χ2n) is 4.90. The topological polar surface area (TPSA) is 59.8 Å². The second-order valence-corrected chi connectivity index (χ2v) is 4.90. The van der Waals surface area contributed by atoms with Gasteiger partial charge in [0.05, 0.1) is 5.52 Å². The van der Waals surface area contributed by atoms with Crippen molar-refractivity contribution in [3.8, 4) is 0 Å². The average molecular weight is 292 g/mol. The molecule has 1 unspecified atom stereocenters. The lowest BCUT2D eigenvalue weighted by Gasteiger charge is -2.18. The number of nitrogens with zero attached hydrogens (tertiary/aromatic N) is 3. The molecule has 0 bridgehead atoms. The molecule has 0 radical (unpaired) electrons. The van der Waals surface area contributed by atoms with Gasteiger partial charge in [-0.3, -0.25) is 4.79 Å². The Morgan fingerprint density at radius 2 is 1.91 bits per heavy atom. The molecule has 0 spiro atoms. The van der Waals surface area contributed by atoms with Gasteiger partial charge < -0.3 is 5.32 Å². The maximum absolute atomic E-state index is 12.4. The van der Waals surface area contributed by atoms with Crippen LogP contribution in [0, 0.1) is 0 Å². The van der Waals surface area contributed by atoms with Crippen LogP contribution in [0.1, 0.15) is 22.9 Å². The molecule has 0 aliphatic heterocycles. The Kier molecular flexibility index (Phi) is 3.96. The molecule has 0 saturated carbocycles. The van der Waals surface area contributed by atoms with Gasteiger partial charge in [0, 0.05) is 12.0 Å². The summed E-state index contributed by atoms with van der Waals surface area (Å²) >= 11 is 0. The molecule has 0 saturated heterocycles. The summed E-state index contributed by atoms with van der Waals surface area (Å²) in [7, 11) is 0. The van der Waals surface area contributed by atoms with Crippen molar-refractivity contribution in [2.45, 2.75) is 12.6 Å². The zero-order valence-corrected chi connectivity index (χ0v) is 12.0. The van der Waals surface area contributed by atoms with Gasteiger partial charge >= 0.3 is 0 Å². The van der Waals surface area contributed by atoms with E-state index in [2.05, 4.69) is 22.2 Å².